The van der Waals surface area contributed by atoms with E-state index < -0.39 is 0 Å². The predicted molar refractivity (Wildman–Crippen MR) is 85.1 cm³/mol. The van der Waals surface area contributed by atoms with Crippen molar-refractivity contribution in [2.24, 2.45) is 0 Å². The van der Waals surface area contributed by atoms with Gasteiger partial charge in [0.15, 0.2) is 10.9 Å². The van der Waals surface area contributed by atoms with Gasteiger partial charge in [0.05, 0.1) is 6.26 Å². The van der Waals surface area contributed by atoms with E-state index >= 15 is 0 Å². The first-order chi connectivity index (χ1) is 10.6. The summed E-state index contributed by atoms with van der Waals surface area (Å²) in [6.45, 7) is 4.16. The summed E-state index contributed by atoms with van der Waals surface area (Å²) in [5, 5.41) is 12.7. The number of carbonyl (C=O) groups excluding carboxylic acids is 1. The Balaban J connectivity index is 1.62. The fraction of sp³-hybridized carbons (Fsp3) is 0.214. The van der Waals surface area contributed by atoms with Gasteiger partial charge in [0.25, 0.3) is 0 Å². The number of urea groups is 1. The first-order valence-corrected chi connectivity index (χ1v) is 7.56. The Morgan fingerprint density at radius 2 is 2.27 bits per heavy atom. The monoisotopic (exact) mass is 317 g/mol. The maximum atomic E-state index is 11.9. The highest BCUT2D eigenvalue weighted by Crippen LogP contribution is 2.25. The molecule has 22 heavy (non-hydrogen) atoms. The first-order valence-electron chi connectivity index (χ1n) is 6.75. The normalized spacial score (nSPS) is 10.9. The maximum absolute atomic E-state index is 11.9. The van der Waals surface area contributed by atoms with Gasteiger partial charge in [-0.05, 0) is 18.1 Å². The largest absolute Gasteiger partial charge is 0.463 e. The highest BCUT2D eigenvalue weighted by molar-refractivity contribution is 7.15. The molecule has 0 fully saturated rings. The number of nitrogens with zero attached hydrogens (tertiary/aromatic N) is 2. The zero-order valence-electron chi connectivity index (χ0n) is 12.1. The maximum Gasteiger partial charge on any atom is 0.326 e. The van der Waals surface area contributed by atoms with E-state index in [2.05, 4.69) is 39.7 Å². The van der Waals surface area contributed by atoms with E-state index in [4.69, 9.17) is 4.42 Å². The number of nitrogens with one attached hydrogen (secondary N) is 3. The fourth-order valence-corrected chi connectivity index (χ4v) is 2.61. The fourth-order valence-electron chi connectivity index (χ4n) is 1.80. The van der Waals surface area contributed by atoms with Crippen LogP contribution >= 0.6 is 11.3 Å². The van der Waals surface area contributed by atoms with Gasteiger partial charge in [0.2, 0.25) is 0 Å². The Morgan fingerprint density at radius 1 is 1.41 bits per heavy atom. The molecule has 0 bridgehead atoms. The zero-order chi connectivity index (χ0) is 15.5. The molecule has 0 aromatic carbocycles. The third-order valence-corrected chi connectivity index (χ3v) is 4.13. The molecule has 0 saturated heterocycles. The SMILES string of the molecule is CC(C)c1cnc(NC(=O)Nc2cc(-c3ccco3)n[nH]2)s1. The van der Waals surface area contributed by atoms with Crippen molar-refractivity contribution in [1.82, 2.24) is 15.2 Å². The molecule has 3 aromatic rings. The molecular weight excluding hydrogens is 302 g/mol. The number of H-pyrrole nitrogens is 1. The molecule has 0 spiro atoms. The lowest BCUT2D eigenvalue weighted by atomic mass is 10.2. The molecule has 3 heterocycles. The van der Waals surface area contributed by atoms with Crippen molar-refractivity contribution < 1.29 is 9.21 Å². The van der Waals surface area contributed by atoms with E-state index in [0.29, 0.717) is 28.3 Å². The van der Waals surface area contributed by atoms with Gasteiger partial charge in [-0.25, -0.2) is 9.78 Å². The summed E-state index contributed by atoms with van der Waals surface area (Å²) in [7, 11) is 0. The zero-order valence-corrected chi connectivity index (χ0v) is 12.9. The van der Waals surface area contributed by atoms with Crippen LogP contribution in [-0.4, -0.2) is 21.2 Å². The van der Waals surface area contributed by atoms with Crippen molar-refractivity contribution in [2.45, 2.75) is 19.8 Å². The van der Waals surface area contributed by atoms with E-state index in [1.165, 1.54) is 11.3 Å². The third-order valence-electron chi connectivity index (χ3n) is 2.91. The number of anilines is 2. The molecule has 0 aliphatic carbocycles. The minimum Gasteiger partial charge on any atom is -0.463 e. The van der Waals surface area contributed by atoms with Crippen molar-refractivity contribution in [2.75, 3.05) is 10.6 Å². The Kier molecular flexibility index (Phi) is 3.92. The van der Waals surface area contributed by atoms with Crippen LogP contribution in [0.1, 0.15) is 24.6 Å². The molecule has 3 rings (SSSR count). The van der Waals surface area contributed by atoms with Gasteiger partial charge in [0.1, 0.15) is 11.5 Å². The summed E-state index contributed by atoms with van der Waals surface area (Å²) in [5.74, 6) is 1.50. The van der Waals surface area contributed by atoms with Crippen molar-refractivity contribution in [1.29, 1.82) is 0 Å². The number of amides is 2. The molecule has 0 aliphatic rings. The number of furan rings is 1. The summed E-state index contributed by atoms with van der Waals surface area (Å²) < 4.78 is 5.24. The minimum atomic E-state index is -0.376. The van der Waals surface area contributed by atoms with Crippen molar-refractivity contribution in [3.8, 4) is 11.5 Å². The van der Waals surface area contributed by atoms with Gasteiger partial charge in [0, 0.05) is 17.1 Å². The van der Waals surface area contributed by atoms with Crippen molar-refractivity contribution >= 4 is 28.3 Å². The highest BCUT2D eigenvalue weighted by Gasteiger charge is 2.11. The van der Waals surface area contributed by atoms with E-state index in [9.17, 15) is 4.79 Å². The average molecular weight is 317 g/mol. The Morgan fingerprint density at radius 3 is 2.95 bits per heavy atom. The lowest BCUT2D eigenvalue weighted by molar-refractivity contribution is 0.262. The van der Waals surface area contributed by atoms with E-state index in [1.54, 1.807) is 30.7 Å². The average Bonchev–Trinajstić information content (AvgIpc) is 3.18. The highest BCUT2D eigenvalue weighted by atomic mass is 32.1. The van der Waals surface area contributed by atoms with Crippen LogP contribution in [0.25, 0.3) is 11.5 Å². The molecule has 8 heteroatoms. The van der Waals surface area contributed by atoms with Gasteiger partial charge in [-0.2, -0.15) is 5.10 Å². The summed E-state index contributed by atoms with van der Waals surface area (Å²) >= 11 is 1.46. The lowest BCUT2D eigenvalue weighted by Crippen LogP contribution is -2.19. The Hall–Kier alpha value is -2.61. The Labute approximate surface area is 130 Å². The van der Waals surface area contributed by atoms with E-state index in [1.807, 2.05) is 0 Å². The second kappa shape index (κ2) is 6.02. The molecule has 114 valence electrons. The van der Waals surface area contributed by atoms with Crippen LogP contribution in [0.15, 0.2) is 35.1 Å². The minimum absolute atomic E-state index is 0.376. The van der Waals surface area contributed by atoms with Crippen LogP contribution in [0.2, 0.25) is 0 Å². The molecule has 3 aromatic heterocycles. The number of thiazole rings is 1. The topological polar surface area (TPSA) is 95.8 Å². The summed E-state index contributed by atoms with van der Waals surface area (Å²) in [4.78, 5) is 17.2. The summed E-state index contributed by atoms with van der Waals surface area (Å²) in [6, 6.07) is 4.89. The number of hydrogen-bond donors (Lipinski definition) is 3. The van der Waals surface area contributed by atoms with Crippen LogP contribution in [0, 0.1) is 0 Å². The number of carbonyl (C=O) groups is 1. The quantitative estimate of drug-likeness (QED) is 0.680. The van der Waals surface area contributed by atoms with Crippen LogP contribution in [0.4, 0.5) is 15.7 Å². The van der Waals surface area contributed by atoms with Gasteiger partial charge in [-0.15, -0.1) is 11.3 Å². The standard InChI is InChI=1S/C14H15N5O2S/c1-8(2)11-7-15-14(22-11)17-13(20)16-12-6-9(18-19-12)10-4-3-5-21-10/h3-8H,1-2H3,(H3,15,16,17,18,19,20). The van der Waals surface area contributed by atoms with Gasteiger partial charge < -0.3 is 4.42 Å². The number of aromatic nitrogens is 3. The molecular formula is C14H15N5O2S. The third kappa shape index (κ3) is 3.17. The van der Waals surface area contributed by atoms with Crippen LogP contribution < -0.4 is 10.6 Å². The van der Waals surface area contributed by atoms with Crippen LogP contribution in [0.3, 0.4) is 0 Å². The van der Waals surface area contributed by atoms with Crippen molar-refractivity contribution in [3.05, 3.63) is 35.5 Å². The van der Waals surface area contributed by atoms with E-state index in [-0.39, 0.29) is 6.03 Å². The number of hydrogen-bond acceptors (Lipinski definition) is 5. The number of aromatic amines is 1. The second-order valence-corrected chi connectivity index (χ2v) is 6.01. The first kappa shape index (κ1) is 14.3. The summed E-state index contributed by atoms with van der Waals surface area (Å²) in [5.41, 5.74) is 0.622. The molecule has 0 saturated carbocycles. The summed E-state index contributed by atoms with van der Waals surface area (Å²) in [6.07, 6.45) is 3.34. The molecule has 0 radical (unpaired) electrons. The van der Waals surface area contributed by atoms with Gasteiger partial charge >= 0.3 is 6.03 Å². The van der Waals surface area contributed by atoms with Gasteiger partial charge in [-0.1, -0.05) is 13.8 Å². The smallest absolute Gasteiger partial charge is 0.326 e. The molecule has 0 aliphatic heterocycles. The van der Waals surface area contributed by atoms with Crippen LogP contribution in [-0.2, 0) is 0 Å². The lowest BCUT2D eigenvalue weighted by Gasteiger charge is -2.02. The second-order valence-electron chi connectivity index (χ2n) is 4.95. The molecule has 0 atom stereocenters. The molecule has 2 amide bonds. The molecule has 7 nitrogen and oxygen atoms in total. The number of rotatable bonds is 4. The van der Waals surface area contributed by atoms with Crippen LogP contribution in [0.5, 0.6) is 0 Å². The van der Waals surface area contributed by atoms with E-state index in [0.717, 1.165) is 4.88 Å². The Bertz CT molecular complexity index is 760. The molecule has 0 unspecified atom stereocenters. The van der Waals surface area contributed by atoms with Gasteiger partial charge in [-0.3, -0.25) is 15.7 Å². The molecule has 3 N–H and O–H groups in total. The van der Waals surface area contributed by atoms with Crippen molar-refractivity contribution in [3.63, 3.8) is 0 Å². The predicted octanol–water partition coefficient (Wildman–Crippen LogP) is 3.89.